The minimum atomic E-state index is -0.509. The number of rotatable bonds is 18. The van der Waals surface area contributed by atoms with Crippen molar-refractivity contribution in [3.63, 3.8) is 0 Å². The topological polar surface area (TPSA) is 89.5 Å². The summed E-state index contributed by atoms with van der Waals surface area (Å²) in [7, 11) is 0. The number of carbonyl (C=O) groups is 2. The third-order valence-corrected chi connectivity index (χ3v) is 3.35. The van der Waals surface area contributed by atoms with Gasteiger partial charge >= 0.3 is 11.9 Å². The van der Waals surface area contributed by atoms with Crippen molar-refractivity contribution in [2.45, 2.75) is 33.6 Å². The van der Waals surface area contributed by atoms with E-state index in [1.165, 1.54) is 0 Å². The summed E-state index contributed by atoms with van der Waals surface area (Å²) in [5.74, 6) is -1.36. The van der Waals surface area contributed by atoms with Crippen LogP contribution in [0.1, 0.15) is 33.6 Å². The van der Waals surface area contributed by atoms with Crippen LogP contribution in [0.4, 0.5) is 0 Å². The minimum Gasteiger partial charge on any atom is -0.463 e. The van der Waals surface area contributed by atoms with Crippen LogP contribution in [0, 0.1) is 5.92 Å². The van der Waals surface area contributed by atoms with Crippen molar-refractivity contribution in [3.8, 4) is 0 Å². The first kappa shape index (κ1) is 24.8. The first-order valence-corrected chi connectivity index (χ1v) is 9.28. The van der Waals surface area contributed by atoms with E-state index in [0.717, 1.165) is 0 Å². The zero-order chi connectivity index (χ0) is 19.5. The standard InChI is InChI=1S/C18H34O8/c1-4-16(18(20)26-14-12-24-10-8-22-6-3)15-17(19)25-13-11-23-9-7-21-5-2/h16H,4-15H2,1-3H3. The number of carbonyl (C=O) groups excluding carboxylic acids is 2. The molecule has 8 nitrogen and oxygen atoms in total. The fourth-order valence-electron chi connectivity index (χ4n) is 1.92. The number of esters is 2. The summed E-state index contributed by atoms with van der Waals surface area (Å²) >= 11 is 0. The van der Waals surface area contributed by atoms with E-state index in [1.807, 2.05) is 20.8 Å². The molecule has 154 valence electrons. The van der Waals surface area contributed by atoms with Crippen molar-refractivity contribution in [1.82, 2.24) is 0 Å². The lowest BCUT2D eigenvalue weighted by Gasteiger charge is -2.14. The van der Waals surface area contributed by atoms with Crippen molar-refractivity contribution >= 4 is 11.9 Å². The molecule has 0 amide bonds. The summed E-state index contributed by atoms with van der Waals surface area (Å²) in [6.07, 6.45) is 0.503. The molecule has 0 spiro atoms. The maximum atomic E-state index is 12.0. The molecule has 1 atom stereocenters. The molecular formula is C18H34O8. The molecule has 0 aromatic heterocycles. The minimum absolute atomic E-state index is 0.000520. The predicted octanol–water partition coefficient (Wildman–Crippen LogP) is 1.60. The van der Waals surface area contributed by atoms with Crippen LogP contribution >= 0.6 is 0 Å². The Kier molecular flexibility index (Phi) is 17.7. The summed E-state index contributed by atoms with van der Waals surface area (Å²) in [4.78, 5) is 23.8. The molecule has 0 bridgehead atoms. The van der Waals surface area contributed by atoms with E-state index in [0.29, 0.717) is 59.3 Å². The molecule has 1 unspecified atom stereocenters. The highest BCUT2D eigenvalue weighted by Gasteiger charge is 2.22. The molecule has 0 rings (SSSR count). The van der Waals surface area contributed by atoms with Gasteiger partial charge in [-0.15, -0.1) is 0 Å². The second kappa shape index (κ2) is 18.6. The molecule has 0 aliphatic heterocycles. The summed E-state index contributed by atoms with van der Waals surface area (Å²) in [6.45, 7) is 9.81. The normalized spacial score (nSPS) is 12.0. The molecule has 0 saturated carbocycles. The number of hydrogen-bond donors (Lipinski definition) is 0. The maximum absolute atomic E-state index is 12.0. The van der Waals surface area contributed by atoms with Gasteiger partial charge in [-0.3, -0.25) is 9.59 Å². The van der Waals surface area contributed by atoms with Crippen molar-refractivity contribution < 1.29 is 38.0 Å². The van der Waals surface area contributed by atoms with Gasteiger partial charge in [0.2, 0.25) is 0 Å². The fraction of sp³-hybridized carbons (Fsp3) is 0.889. The van der Waals surface area contributed by atoms with Gasteiger partial charge in [-0.25, -0.2) is 0 Å². The van der Waals surface area contributed by atoms with E-state index >= 15 is 0 Å². The van der Waals surface area contributed by atoms with Gasteiger partial charge in [0.15, 0.2) is 0 Å². The Morgan fingerprint density at radius 3 is 1.62 bits per heavy atom. The van der Waals surface area contributed by atoms with Crippen LogP contribution in [-0.2, 0) is 38.0 Å². The summed E-state index contributed by atoms with van der Waals surface area (Å²) < 4.78 is 31.0. The zero-order valence-corrected chi connectivity index (χ0v) is 16.3. The van der Waals surface area contributed by atoms with Gasteiger partial charge in [-0.1, -0.05) is 6.92 Å². The lowest BCUT2D eigenvalue weighted by molar-refractivity contribution is -0.157. The van der Waals surface area contributed by atoms with Crippen molar-refractivity contribution in [2.75, 3.05) is 66.1 Å². The highest BCUT2D eigenvalue weighted by Crippen LogP contribution is 2.11. The SMILES string of the molecule is CCOCCOCCOC(=O)CC(CC)C(=O)OCCOCCOCC. The van der Waals surface area contributed by atoms with E-state index in [-0.39, 0.29) is 19.6 Å². The monoisotopic (exact) mass is 378 g/mol. The molecule has 0 aliphatic rings. The molecule has 0 saturated heterocycles. The van der Waals surface area contributed by atoms with Crippen LogP contribution in [0.15, 0.2) is 0 Å². The Bertz CT molecular complexity index is 348. The second-order valence-corrected chi connectivity index (χ2v) is 5.32. The van der Waals surface area contributed by atoms with Gasteiger partial charge in [0.1, 0.15) is 13.2 Å². The van der Waals surface area contributed by atoms with Crippen molar-refractivity contribution in [1.29, 1.82) is 0 Å². The van der Waals surface area contributed by atoms with Gasteiger partial charge in [0.25, 0.3) is 0 Å². The molecule has 0 heterocycles. The van der Waals surface area contributed by atoms with Gasteiger partial charge in [0, 0.05) is 13.2 Å². The summed E-state index contributed by atoms with van der Waals surface area (Å²) in [5.41, 5.74) is 0. The van der Waals surface area contributed by atoms with Crippen LogP contribution in [0.25, 0.3) is 0 Å². The first-order chi connectivity index (χ1) is 12.7. The molecular weight excluding hydrogens is 344 g/mol. The third kappa shape index (κ3) is 15.1. The Morgan fingerprint density at radius 2 is 1.12 bits per heavy atom. The van der Waals surface area contributed by atoms with Gasteiger partial charge in [-0.2, -0.15) is 0 Å². The van der Waals surface area contributed by atoms with Crippen LogP contribution in [0.5, 0.6) is 0 Å². The maximum Gasteiger partial charge on any atom is 0.309 e. The van der Waals surface area contributed by atoms with Crippen molar-refractivity contribution in [3.05, 3.63) is 0 Å². The molecule has 0 aromatic carbocycles. The average molecular weight is 378 g/mol. The van der Waals surface area contributed by atoms with Gasteiger partial charge in [0.05, 0.1) is 52.0 Å². The molecule has 0 aromatic rings. The quantitative estimate of drug-likeness (QED) is 0.262. The van der Waals surface area contributed by atoms with E-state index in [2.05, 4.69) is 0 Å². The zero-order valence-electron chi connectivity index (χ0n) is 16.3. The van der Waals surface area contributed by atoms with E-state index < -0.39 is 17.9 Å². The first-order valence-electron chi connectivity index (χ1n) is 9.28. The van der Waals surface area contributed by atoms with Crippen molar-refractivity contribution in [2.24, 2.45) is 5.92 Å². The largest absolute Gasteiger partial charge is 0.463 e. The Labute approximate surface area is 156 Å². The average Bonchev–Trinajstić information content (AvgIpc) is 2.64. The van der Waals surface area contributed by atoms with Crippen LogP contribution < -0.4 is 0 Å². The third-order valence-electron chi connectivity index (χ3n) is 3.35. The van der Waals surface area contributed by atoms with Gasteiger partial charge < -0.3 is 28.4 Å². The van der Waals surface area contributed by atoms with Gasteiger partial charge in [-0.05, 0) is 20.3 Å². The highest BCUT2D eigenvalue weighted by molar-refractivity contribution is 5.79. The fourth-order valence-corrected chi connectivity index (χ4v) is 1.92. The summed E-state index contributed by atoms with van der Waals surface area (Å²) in [6, 6.07) is 0. The highest BCUT2D eigenvalue weighted by atomic mass is 16.6. The molecule has 8 heteroatoms. The number of ether oxygens (including phenoxy) is 6. The lowest BCUT2D eigenvalue weighted by Crippen LogP contribution is -2.24. The van der Waals surface area contributed by atoms with Crippen LogP contribution in [0.3, 0.4) is 0 Å². The molecule has 0 radical (unpaired) electrons. The van der Waals surface area contributed by atoms with E-state index in [9.17, 15) is 9.59 Å². The predicted molar refractivity (Wildman–Crippen MR) is 94.9 cm³/mol. The van der Waals surface area contributed by atoms with Crippen LogP contribution in [-0.4, -0.2) is 78.0 Å². The molecule has 0 fully saturated rings. The Hall–Kier alpha value is -1.22. The summed E-state index contributed by atoms with van der Waals surface area (Å²) in [5, 5.41) is 0. The Balaban J connectivity index is 3.73. The van der Waals surface area contributed by atoms with E-state index in [1.54, 1.807) is 0 Å². The van der Waals surface area contributed by atoms with E-state index in [4.69, 9.17) is 28.4 Å². The number of hydrogen-bond acceptors (Lipinski definition) is 8. The Morgan fingerprint density at radius 1 is 0.654 bits per heavy atom. The lowest BCUT2D eigenvalue weighted by atomic mass is 10.0. The van der Waals surface area contributed by atoms with Crippen LogP contribution in [0.2, 0.25) is 0 Å². The second-order valence-electron chi connectivity index (χ2n) is 5.32. The smallest absolute Gasteiger partial charge is 0.309 e. The molecule has 26 heavy (non-hydrogen) atoms. The molecule has 0 aliphatic carbocycles. The molecule has 0 N–H and O–H groups in total.